The summed E-state index contributed by atoms with van der Waals surface area (Å²) in [6.45, 7) is 5.23. The molecule has 0 aromatic carbocycles. The molecule has 0 atom stereocenters. The maximum Gasteiger partial charge on any atom is 0.00747 e. The summed E-state index contributed by atoms with van der Waals surface area (Å²) in [5, 5.41) is 3.35. The van der Waals surface area contributed by atoms with E-state index in [1.54, 1.807) is 0 Å². The van der Waals surface area contributed by atoms with E-state index in [0.29, 0.717) is 5.41 Å². The van der Waals surface area contributed by atoms with Crippen LogP contribution >= 0.6 is 0 Å². The summed E-state index contributed by atoms with van der Waals surface area (Å²) in [4.78, 5) is 0. The van der Waals surface area contributed by atoms with Gasteiger partial charge >= 0.3 is 0 Å². The van der Waals surface area contributed by atoms with Crippen molar-refractivity contribution in [2.75, 3.05) is 19.6 Å². The van der Waals surface area contributed by atoms with Gasteiger partial charge in [-0.15, -0.1) is 0 Å². The molecule has 0 radical (unpaired) electrons. The standard InChI is InChI=1S/C8H18N2/c1-8(3-2-4-8)7-10-6-5-9/h10H,2-7,9H2,1H3. The van der Waals surface area contributed by atoms with Gasteiger partial charge in [0.2, 0.25) is 0 Å². The van der Waals surface area contributed by atoms with E-state index in [1.807, 2.05) is 0 Å². The quantitative estimate of drug-likeness (QED) is 0.568. The Morgan fingerprint density at radius 3 is 2.60 bits per heavy atom. The highest BCUT2D eigenvalue weighted by atomic mass is 14.9. The molecule has 2 heteroatoms. The summed E-state index contributed by atoms with van der Waals surface area (Å²) >= 11 is 0. The van der Waals surface area contributed by atoms with Crippen LogP contribution in [0.2, 0.25) is 0 Å². The van der Waals surface area contributed by atoms with Crippen LogP contribution in [0.25, 0.3) is 0 Å². The monoisotopic (exact) mass is 142 g/mol. The molecule has 10 heavy (non-hydrogen) atoms. The summed E-state index contributed by atoms with van der Waals surface area (Å²) in [7, 11) is 0. The van der Waals surface area contributed by atoms with E-state index in [2.05, 4.69) is 12.2 Å². The molecule has 0 heterocycles. The molecule has 60 valence electrons. The number of nitrogens with one attached hydrogen (secondary N) is 1. The number of hydrogen-bond acceptors (Lipinski definition) is 2. The molecular formula is C8H18N2. The van der Waals surface area contributed by atoms with E-state index < -0.39 is 0 Å². The Labute approximate surface area is 63.2 Å². The average molecular weight is 142 g/mol. The highest BCUT2D eigenvalue weighted by molar-refractivity contribution is 4.84. The number of nitrogens with two attached hydrogens (primary N) is 1. The van der Waals surface area contributed by atoms with Gasteiger partial charge in [0.15, 0.2) is 0 Å². The Morgan fingerprint density at radius 2 is 2.20 bits per heavy atom. The van der Waals surface area contributed by atoms with Gasteiger partial charge in [-0.05, 0) is 18.3 Å². The SMILES string of the molecule is CC1(CNCCN)CCC1. The second-order valence-electron chi connectivity index (χ2n) is 3.63. The molecule has 0 aromatic rings. The lowest BCUT2D eigenvalue weighted by Gasteiger charge is -2.38. The third-order valence-corrected chi connectivity index (χ3v) is 2.43. The van der Waals surface area contributed by atoms with Crippen molar-refractivity contribution in [3.05, 3.63) is 0 Å². The van der Waals surface area contributed by atoms with Gasteiger partial charge in [0.1, 0.15) is 0 Å². The van der Waals surface area contributed by atoms with Gasteiger partial charge in [0.05, 0.1) is 0 Å². The Hall–Kier alpha value is -0.0800. The third-order valence-electron chi connectivity index (χ3n) is 2.43. The minimum Gasteiger partial charge on any atom is -0.329 e. The van der Waals surface area contributed by atoms with Gasteiger partial charge in [-0.25, -0.2) is 0 Å². The second kappa shape index (κ2) is 3.35. The molecule has 3 N–H and O–H groups in total. The first-order chi connectivity index (χ1) is 4.77. The van der Waals surface area contributed by atoms with Crippen molar-refractivity contribution in [3.8, 4) is 0 Å². The van der Waals surface area contributed by atoms with Crippen LogP contribution in [0.4, 0.5) is 0 Å². The van der Waals surface area contributed by atoms with Crippen LogP contribution in [0.1, 0.15) is 26.2 Å². The van der Waals surface area contributed by atoms with Crippen LogP contribution in [-0.4, -0.2) is 19.6 Å². The smallest absolute Gasteiger partial charge is 0.00747 e. The summed E-state index contributed by atoms with van der Waals surface area (Å²) in [5.41, 5.74) is 5.96. The van der Waals surface area contributed by atoms with E-state index in [-0.39, 0.29) is 0 Å². The summed E-state index contributed by atoms with van der Waals surface area (Å²) in [5.74, 6) is 0. The molecule has 0 amide bonds. The Balaban J connectivity index is 2.01. The molecule has 0 saturated heterocycles. The topological polar surface area (TPSA) is 38.0 Å². The van der Waals surface area contributed by atoms with Crippen molar-refractivity contribution in [2.24, 2.45) is 11.1 Å². The lowest BCUT2D eigenvalue weighted by atomic mass is 9.70. The Morgan fingerprint density at radius 1 is 1.50 bits per heavy atom. The van der Waals surface area contributed by atoms with Crippen LogP contribution in [0.3, 0.4) is 0 Å². The zero-order valence-electron chi connectivity index (χ0n) is 6.82. The van der Waals surface area contributed by atoms with Gasteiger partial charge in [-0.3, -0.25) is 0 Å². The van der Waals surface area contributed by atoms with Crippen molar-refractivity contribution in [3.63, 3.8) is 0 Å². The molecule has 1 aliphatic carbocycles. The molecule has 0 aliphatic heterocycles. The van der Waals surface area contributed by atoms with Gasteiger partial charge < -0.3 is 11.1 Å². The van der Waals surface area contributed by atoms with Crippen molar-refractivity contribution < 1.29 is 0 Å². The summed E-state index contributed by atoms with van der Waals surface area (Å²) < 4.78 is 0. The number of hydrogen-bond donors (Lipinski definition) is 2. The van der Waals surface area contributed by atoms with Gasteiger partial charge in [0, 0.05) is 19.6 Å². The summed E-state index contributed by atoms with van der Waals surface area (Å²) in [6.07, 6.45) is 4.20. The summed E-state index contributed by atoms with van der Waals surface area (Å²) in [6, 6.07) is 0. The van der Waals surface area contributed by atoms with E-state index >= 15 is 0 Å². The Bertz CT molecular complexity index is 97.4. The van der Waals surface area contributed by atoms with E-state index in [9.17, 15) is 0 Å². The van der Waals surface area contributed by atoms with Crippen molar-refractivity contribution in [1.82, 2.24) is 5.32 Å². The molecule has 0 aromatic heterocycles. The highest BCUT2D eigenvalue weighted by Crippen LogP contribution is 2.39. The van der Waals surface area contributed by atoms with E-state index in [4.69, 9.17) is 5.73 Å². The van der Waals surface area contributed by atoms with Crippen LogP contribution in [0, 0.1) is 5.41 Å². The lowest BCUT2D eigenvalue weighted by molar-refractivity contribution is 0.158. The highest BCUT2D eigenvalue weighted by Gasteiger charge is 2.30. The third kappa shape index (κ3) is 1.96. The average Bonchev–Trinajstić information content (AvgIpc) is 1.85. The molecular weight excluding hydrogens is 124 g/mol. The molecule has 1 aliphatic rings. The minimum absolute atomic E-state index is 0.606. The van der Waals surface area contributed by atoms with Crippen LogP contribution in [0.5, 0.6) is 0 Å². The van der Waals surface area contributed by atoms with Crippen molar-refractivity contribution in [1.29, 1.82) is 0 Å². The van der Waals surface area contributed by atoms with E-state index in [0.717, 1.165) is 19.6 Å². The molecule has 0 bridgehead atoms. The maximum absolute atomic E-state index is 5.35. The fraction of sp³-hybridized carbons (Fsp3) is 1.00. The van der Waals surface area contributed by atoms with Gasteiger partial charge in [-0.2, -0.15) is 0 Å². The molecule has 0 spiro atoms. The minimum atomic E-state index is 0.606. The normalized spacial score (nSPS) is 22.2. The van der Waals surface area contributed by atoms with Crippen LogP contribution in [0.15, 0.2) is 0 Å². The molecule has 2 nitrogen and oxygen atoms in total. The molecule has 0 unspecified atom stereocenters. The fourth-order valence-electron chi connectivity index (χ4n) is 1.45. The van der Waals surface area contributed by atoms with Crippen LogP contribution < -0.4 is 11.1 Å². The first kappa shape index (κ1) is 8.02. The predicted molar refractivity (Wildman–Crippen MR) is 43.9 cm³/mol. The number of rotatable bonds is 4. The van der Waals surface area contributed by atoms with E-state index in [1.165, 1.54) is 19.3 Å². The van der Waals surface area contributed by atoms with Crippen LogP contribution in [-0.2, 0) is 0 Å². The first-order valence-electron chi connectivity index (χ1n) is 4.18. The van der Waals surface area contributed by atoms with Crippen molar-refractivity contribution in [2.45, 2.75) is 26.2 Å². The zero-order valence-corrected chi connectivity index (χ0v) is 6.82. The fourth-order valence-corrected chi connectivity index (χ4v) is 1.45. The van der Waals surface area contributed by atoms with Gasteiger partial charge in [0.25, 0.3) is 0 Å². The Kier molecular flexibility index (Phi) is 2.69. The second-order valence-corrected chi connectivity index (χ2v) is 3.63. The van der Waals surface area contributed by atoms with Gasteiger partial charge in [-0.1, -0.05) is 13.3 Å². The van der Waals surface area contributed by atoms with Crippen molar-refractivity contribution >= 4 is 0 Å². The largest absolute Gasteiger partial charge is 0.329 e. The zero-order chi connectivity index (χ0) is 7.45. The molecule has 1 saturated carbocycles. The molecule has 1 rings (SSSR count). The molecule has 1 fully saturated rings. The maximum atomic E-state index is 5.35. The first-order valence-corrected chi connectivity index (χ1v) is 4.18. The predicted octanol–water partition coefficient (Wildman–Crippen LogP) is 0.725. The lowest BCUT2D eigenvalue weighted by Crippen LogP contribution is -2.38.